The Morgan fingerprint density at radius 2 is 2.28 bits per heavy atom. The molecule has 0 aromatic carbocycles. The second kappa shape index (κ2) is 5.00. The molecule has 1 amide bonds. The van der Waals surface area contributed by atoms with E-state index in [-0.39, 0.29) is 5.91 Å². The number of carbonyl (C=O) groups is 1. The van der Waals surface area contributed by atoms with Gasteiger partial charge in [0.2, 0.25) is 0 Å². The normalized spacial score (nSPS) is 16.6. The lowest BCUT2D eigenvalue weighted by Crippen LogP contribution is -2.32. The van der Waals surface area contributed by atoms with Gasteiger partial charge in [-0.2, -0.15) is 5.10 Å². The predicted molar refractivity (Wildman–Crippen MR) is 71.2 cm³/mol. The first-order valence-electron chi connectivity index (χ1n) is 6.71. The fourth-order valence-corrected chi connectivity index (χ4v) is 2.46. The van der Waals surface area contributed by atoms with E-state index in [1.54, 1.807) is 4.68 Å². The molecule has 1 aromatic heterocycles. The van der Waals surface area contributed by atoms with Gasteiger partial charge in [0, 0.05) is 13.1 Å². The average Bonchev–Trinajstić information content (AvgIpc) is 3.02. The summed E-state index contributed by atoms with van der Waals surface area (Å²) >= 11 is 0. The molecule has 1 fully saturated rings. The molecule has 1 aromatic rings. The van der Waals surface area contributed by atoms with Crippen molar-refractivity contribution in [1.29, 1.82) is 0 Å². The molecule has 5 nitrogen and oxygen atoms in total. The number of rotatable bonds is 6. The van der Waals surface area contributed by atoms with Crippen LogP contribution >= 0.6 is 0 Å². The number of aryl methyl sites for hydroxylation is 1. The van der Waals surface area contributed by atoms with Crippen LogP contribution in [0.2, 0.25) is 0 Å². The number of hydrogen-bond donors (Lipinski definition) is 2. The fourth-order valence-electron chi connectivity index (χ4n) is 2.46. The van der Waals surface area contributed by atoms with E-state index in [0.29, 0.717) is 23.3 Å². The Balaban J connectivity index is 1.97. The van der Waals surface area contributed by atoms with E-state index in [9.17, 15) is 4.79 Å². The van der Waals surface area contributed by atoms with Crippen molar-refractivity contribution in [2.75, 3.05) is 12.3 Å². The standard InChI is InChI=1S/C13H22N4O/c1-3-5-13(6-7-13)9-15-12(18)11-10(14)8-16-17(11)4-2/h8H,3-7,9,14H2,1-2H3,(H,15,18). The Bertz CT molecular complexity index is 434. The van der Waals surface area contributed by atoms with Crippen molar-refractivity contribution in [2.45, 2.75) is 46.1 Å². The smallest absolute Gasteiger partial charge is 0.271 e. The minimum atomic E-state index is -0.103. The Labute approximate surface area is 108 Å². The van der Waals surface area contributed by atoms with Crippen molar-refractivity contribution in [3.63, 3.8) is 0 Å². The molecule has 0 aliphatic heterocycles. The largest absolute Gasteiger partial charge is 0.396 e. The third-order valence-electron chi connectivity index (χ3n) is 3.74. The summed E-state index contributed by atoms with van der Waals surface area (Å²) < 4.78 is 1.64. The highest BCUT2D eigenvalue weighted by Gasteiger charge is 2.41. The second-order valence-corrected chi connectivity index (χ2v) is 5.20. The van der Waals surface area contributed by atoms with Gasteiger partial charge in [-0.25, -0.2) is 0 Å². The molecule has 0 atom stereocenters. The highest BCUT2D eigenvalue weighted by Crippen LogP contribution is 2.48. The molecule has 3 N–H and O–H groups in total. The molecule has 1 aliphatic carbocycles. The van der Waals surface area contributed by atoms with Gasteiger partial charge in [0.1, 0.15) is 5.69 Å². The van der Waals surface area contributed by atoms with Gasteiger partial charge in [-0.15, -0.1) is 0 Å². The van der Waals surface area contributed by atoms with E-state index in [0.717, 1.165) is 6.54 Å². The van der Waals surface area contributed by atoms with E-state index >= 15 is 0 Å². The van der Waals surface area contributed by atoms with Crippen LogP contribution in [0.25, 0.3) is 0 Å². The van der Waals surface area contributed by atoms with Crippen LogP contribution in [0.5, 0.6) is 0 Å². The van der Waals surface area contributed by atoms with E-state index in [2.05, 4.69) is 17.3 Å². The SMILES string of the molecule is CCCC1(CNC(=O)c2c(N)cnn2CC)CC1. The Hall–Kier alpha value is -1.52. The van der Waals surface area contributed by atoms with Crippen LogP contribution in [-0.4, -0.2) is 22.2 Å². The van der Waals surface area contributed by atoms with Crippen LogP contribution < -0.4 is 11.1 Å². The van der Waals surface area contributed by atoms with Gasteiger partial charge in [-0.05, 0) is 31.6 Å². The molecule has 1 aliphatic rings. The van der Waals surface area contributed by atoms with Crippen LogP contribution in [0.4, 0.5) is 5.69 Å². The molecule has 0 radical (unpaired) electrons. The Morgan fingerprint density at radius 1 is 1.56 bits per heavy atom. The van der Waals surface area contributed by atoms with E-state index in [4.69, 9.17) is 5.73 Å². The summed E-state index contributed by atoms with van der Waals surface area (Å²) in [6.07, 6.45) is 6.35. The van der Waals surface area contributed by atoms with Crippen LogP contribution in [0.3, 0.4) is 0 Å². The van der Waals surface area contributed by atoms with Crippen molar-refractivity contribution in [2.24, 2.45) is 5.41 Å². The number of hydrogen-bond acceptors (Lipinski definition) is 3. The molecule has 2 rings (SSSR count). The average molecular weight is 250 g/mol. The lowest BCUT2D eigenvalue weighted by molar-refractivity contribution is 0.0934. The van der Waals surface area contributed by atoms with Crippen molar-refractivity contribution in [3.8, 4) is 0 Å². The quantitative estimate of drug-likeness (QED) is 0.808. The molecule has 18 heavy (non-hydrogen) atoms. The van der Waals surface area contributed by atoms with Gasteiger partial charge >= 0.3 is 0 Å². The topological polar surface area (TPSA) is 72.9 Å². The van der Waals surface area contributed by atoms with Crippen LogP contribution in [-0.2, 0) is 6.54 Å². The van der Waals surface area contributed by atoms with Crippen LogP contribution in [0.15, 0.2) is 6.20 Å². The first-order valence-corrected chi connectivity index (χ1v) is 6.71. The summed E-state index contributed by atoms with van der Waals surface area (Å²) in [4.78, 5) is 12.1. The zero-order valence-electron chi connectivity index (χ0n) is 11.2. The molecule has 100 valence electrons. The Morgan fingerprint density at radius 3 is 2.83 bits per heavy atom. The zero-order valence-corrected chi connectivity index (χ0v) is 11.2. The number of anilines is 1. The molecular formula is C13H22N4O. The summed E-state index contributed by atoms with van der Waals surface area (Å²) in [5.74, 6) is -0.103. The lowest BCUT2D eigenvalue weighted by atomic mass is 10.0. The maximum absolute atomic E-state index is 12.1. The van der Waals surface area contributed by atoms with E-state index < -0.39 is 0 Å². The minimum absolute atomic E-state index is 0.103. The third-order valence-corrected chi connectivity index (χ3v) is 3.74. The highest BCUT2D eigenvalue weighted by molar-refractivity contribution is 5.97. The monoisotopic (exact) mass is 250 g/mol. The van der Waals surface area contributed by atoms with E-state index in [1.807, 2.05) is 6.92 Å². The number of nitrogens with one attached hydrogen (secondary N) is 1. The van der Waals surface area contributed by atoms with Gasteiger partial charge in [-0.3, -0.25) is 9.48 Å². The van der Waals surface area contributed by atoms with Gasteiger partial charge < -0.3 is 11.1 Å². The minimum Gasteiger partial charge on any atom is -0.396 e. The summed E-state index contributed by atoms with van der Waals surface area (Å²) in [5, 5.41) is 7.09. The maximum Gasteiger partial charge on any atom is 0.271 e. The molecule has 1 saturated carbocycles. The van der Waals surface area contributed by atoms with Gasteiger partial charge in [0.15, 0.2) is 0 Å². The van der Waals surface area contributed by atoms with E-state index in [1.165, 1.54) is 31.9 Å². The zero-order chi connectivity index (χ0) is 13.2. The van der Waals surface area contributed by atoms with Crippen molar-refractivity contribution < 1.29 is 4.79 Å². The Kier molecular flexibility index (Phi) is 3.59. The van der Waals surface area contributed by atoms with Gasteiger partial charge in [-0.1, -0.05) is 13.3 Å². The molecule has 0 bridgehead atoms. The number of aromatic nitrogens is 2. The number of nitrogens with two attached hydrogens (primary N) is 1. The van der Waals surface area contributed by atoms with Gasteiger partial charge in [0.05, 0.1) is 11.9 Å². The van der Waals surface area contributed by atoms with Crippen molar-refractivity contribution in [1.82, 2.24) is 15.1 Å². The van der Waals surface area contributed by atoms with Gasteiger partial charge in [0.25, 0.3) is 5.91 Å². The molecule has 0 saturated heterocycles. The number of nitrogen functional groups attached to an aromatic ring is 1. The predicted octanol–water partition coefficient (Wildman–Crippen LogP) is 1.80. The summed E-state index contributed by atoms with van der Waals surface area (Å²) in [6, 6.07) is 0. The summed E-state index contributed by atoms with van der Waals surface area (Å²) in [7, 11) is 0. The molecule has 1 heterocycles. The number of nitrogens with zero attached hydrogens (tertiary/aromatic N) is 2. The first-order chi connectivity index (χ1) is 8.62. The van der Waals surface area contributed by atoms with Crippen LogP contribution in [0, 0.1) is 5.41 Å². The summed E-state index contributed by atoms with van der Waals surface area (Å²) in [6.45, 7) is 5.54. The number of carbonyl (C=O) groups excluding carboxylic acids is 1. The molecular weight excluding hydrogens is 228 g/mol. The first kappa shape index (κ1) is 12.9. The van der Waals surface area contributed by atoms with Crippen molar-refractivity contribution in [3.05, 3.63) is 11.9 Å². The lowest BCUT2D eigenvalue weighted by Gasteiger charge is -2.15. The number of amides is 1. The second-order valence-electron chi connectivity index (χ2n) is 5.20. The highest BCUT2D eigenvalue weighted by atomic mass is 16.2. The molecule has 5 heteroatoms. The summed E-state index contributed by atoms with van der Waals surface area (Å²) in [5.41, 5.74) is 7.09. The molecule has 0 spiro atoms. The van der Waals surface area contributed by atoms with Crippen molar-refractivity contribution >= 4 is 11.6 Å². The fraction of sp³-hybridized carbons (Fsp3) is 0.692. The third kappa shape index (κ3) is 2.49. The maximum atomic E-state index is 12.1. The molecule has 0 unspecified atom stereocenters. The van der Waals surface area contributed by atoms with Crippen LogP contribution in [0.1, 0.15) is 50.0 Å².